The van der Waals surface area contributed by atoms with E-state index in [1.165, 1.54) is 0 Å². The highest BCUT2D eigenvalue weighted by Crippen LogP contribution is 2.34. The van der Waals surface area contributed by atoms with E-state index in [0.29, 0.717) is 32.1 Å². The molecule has 1 amide bonds. The van der Waals surface area contributed by atoms with Crippen LogP contribution < -0.4 is 4.90 Å². The van der Waals surface area contributed by atoms with Crippen molar-refractivity contribution in [2.45, 2.75) is 60.5 Å². The van der Waals surface area contributed by atoms with E-state index in [2.05, 4.69) is 55.5 Å². The third kappa shape index (κ3) is 7.31. The second-order valence-corrected chi connectivity index (χ2v) is 9.42. The normalized spacial score (nSPS) is 16.8. The molecular weight excluding hydrogens is 412 g/mol. The van der Waals surface area contributed by atoms with Crippen LogP contribution in [0.5, 0.6) is 0 Å². The van der Waals surface area contributed by atoms with Gasteiger partial charge in [-0.1, -0.05) is 57.2 Å². The van der Waals surface area contributed by atoms with E-state index < -0.39 is 5.60 Å². The van der Waals surface area contributed by atoms with Gasteiger partial charge in [-0.2, -0.15) is 0 Å². The summed E-state index contributed by atoms with van der Waals surface area (Å²) in [6, 6.07) is 0. The molecule has 180 valence electrons. The molecule has 2 rings (SSSR count). The molecule has 6 heteroatoms. The summed E-state index contributed by atoms with van der Waals surface area (Å²) in [7, 11) is 0. The Hall–Kier alpha value is -2.89. The van der Waals surface area contributed by atoms with Crippen molar-refractivity contribution >= 4 is 17.5 Å². The summed E-state index contributed by atoms with van der Waals surface area (Å²) in [6.45, 7) is 20.6. The number of nitrogens with zero attached hydrogens (tertiary/aromatic N) is 4. The van der Waals surface area contributed by atoms with Gasteiger partial charge in [-0.05, 0) is 51.7 Å². The molecule has 1 fully saturated rings. The Kier molecular flexibility index (Phi) is 9.44. The van der Waals surface area contributed by atoms with Crippen molar-refractivity contribution in [1.29, 1.82) is 0 Å². The molecule has 1 aliphatic heterocycles. The molecule has 1 saturated heterocycles. The summed E-state index contributed by atoms with van der Waals surface area (Å²) >= 11 is 0. The van der Waals surface area contributed by atoms with E-state index >= 15 is 0 Å². The highest BCUT2D eigenvalue weighted by molar-refractivity contribution is 5.88. The quantitative estimate of drug-likeness (QED) is 0.478. The van der Waals surface area contributed by atoms with Gasteiger partial charge >= 0.3 is 6.09 Å². The van der Waals surface area contributed by atoms with E-state index in [1.807, 2.05) is 33.8 Å². The van der Waals surface area contributed by atoms with Crippen molar-refractivity contribution in [3.8, 4) is 0 Å². The Labute approximate surface area is 199 Å². The molecule has 0 saturated carbocycles. The van der Waals surface area contributed by atoms with E-state index in [-0.39, 0.29) is 6.09 Å². The predicted molar refractivity (Wildman–Crippen MR) is 137 cm³/mol. The lowest BCUT2D eigenvalue weighted by Crippen LogP contribution is -2.50. The van der Waals surface area contributed by atoms with E-state index in [0.717, 1.165) is 34.6 Å². The van der Waals surface area contributed by atoms with Crippen molar-refractivity contribution in [2.24, 2.45) is 5.92 Å². The van der Waals surface area contributed by atoms with Crippen LogP contribution in [0.3, 0.4) is 0 Å². The van der Waals surface area contributed by atoms with Gasteiger partial charge in [0.2, 0.25) is 0 Å². The molecule has 0 N–H and O–H groups in total. The van der Waals surface area contributed by atoms with Crippen LogP contribution >= 0.6 is 0 Å². The summed E-state index contributed by atoms with van der Waals surface area (Å²) in [5.41, 5.74) is 3.72. The van der Waals surface area contributed by atoms with Crippen LogP contribution in [-0.4, -0.2) is 52.7 Å². The minimum Gasteiger partial charge on any atom is -0.444 e. The summed E-state index contributed by atoms with van der Waals surface area (Å²) < 4.78 is 5.54. The smallest absolute Gasteiger partial charge is 0.410 e. The number of hydrogen-bond acceptors (Lipinski definition) is 5. The highest BCUT2D eigenvalue weighted by Gasteiger charge is 2.28. The number of carbonyl (C=O) groups is 1. The Morgan fingerprint density at radius 1 is 1.24 bits per heavy atom. The van der Waals surface area contributed by atoms with Crippen LogP contribution in [0.25, 0.3) is 5.57 Å². The number of amides is 1. The Balaban J connectivity index is 2.37. The molecular formula is C27H40N4O2. The largest absolute Gasteiger partial charge is 0.444 e. The molecule has 0 aliphatic carbocycles. The van der Waals surface area contributed by atoms with Crippen LogP contribution in [0.15, 0.2) is 48.9 Å². The number of aromatic nitrogens is 2. The number of carbonyl (C=O) groups excluding carboxylic acids is 1. The molecule has 1 aromatic rings. The molecule has 0 radical (unpaired) electrons. The molecule has 1 aromatic heterocycles. The van der Waals surface area contributed by atoms with E-state index in [4.69, 9.17) is 9.72 Å². The molecule has 1 atom stereocenters. The lowest BCUT2D eigenvalue weighted by molar-refractivity contribution is 0.0240. The van der Waals surface area contributed by atoms with Gasteiger partial charge in [0.05, 0.1) is 5.69 Å². The number of ether oxygens (including phenoxy) is 1. The Bertz CT molecular complexity index is 917. The minimum atomic E-state index is -0.497. The first-order valence-corrected chi connectivity index (χ1v) is 11.8. The van der Waals surface area contributed by atoms with Crippen molar-refractivity contribution < 1.29 is 9.53 Å². The van der Waals surface area contributed by atoms with Gasteiger partial charge in [-0.25, -0.2) is 14.8 Å². The molecule has 33 heavy (non-hydrogen) atoms. The lowest BCUT2D eigenvalue weighted by Gasteiger charge is -2.37. The van der Waals surface area contributed by atoms with Crippen molar-refractivity contribution in [2.75, 3.05) is 31.1 Å². The SMILES string of the molecule is C=C\C=C/C(=C\C(C)CC)C(=C/C)/c1c(C)ncnc1N1CCN(C(=O)OC(C)(C)C)CC1. The number of hydrogen-bond donors (Lipinski definition) is 0. The van der Waals surface area contributed by atoms with Gasteiger partial charge in [0.1, 0.15) is 17.7 Å². The third-order valence-electron chi connectivity index (χ3n) is 5.64. The number of piperazine rings is 1. The van der Waals surface area contributed by atoms with Crippen LogP contribution in [0.4, 0.5) is 10.6 Å². The van der Waals surface area contributed by atoms with E-state index in [9.17, 15) is 4.79 Å². The summed E-state index contributed by atoms with van der Waals surface area (Å²) in [5.74, 6) is 1.34. The Morgan fingerprint density at radius 3 is 2.45 bits per heavy atom. The van der Waals surface area contributed by atoms with Crippen molar-refractivity contribution in [1.82, 2.24) is 14.9 Å². The van der Waals surface area contributed by atoms with Gasteiger partial charge in [0, 0.05) is 31.7 Å². The van der Waals surface area contributed by atoms with Crippen molar-refractivity contribution in [3.63, 3.8) is 0 Å². The van der Waals surface area contributed by atoms with Crippen molar-refractivity contribution in [3.05, 3.63) is 60.1 Å². The molecule has 1 unspecified atom stereocenters. The topological polar surface area (TPSA) is 58.6 Å². The number of anilines is 1. The fourth-order valence-electron chi connectivity index (χ4n) is 3.73. The first-order valence-electron chi connectivity index (χ1n) is 11.8. The first-order chi connectivity index (χ1) is 15.6. The molecule has 1 aliphatic rings. The summed E-state index contributed by atoms with van der Waals surface area (Å²) in [6.07, 6.45) is 12.7. The van der Waals surface area contributed by atoms with Gasteiger partial charge in [0.15, 0.2) is 0 Å². The zero-order chi connectivity index (χ0) is 24.6. The summed E-state index contributed by atoms with van der Waals surface area (Å²) in [4.78, 5) is 25.7. The average Bonchev–Trinajstić information content (AvgIpc) is 2.77. The zero-order valence-corrected chi connectivity index (χ0v) is 21.4. The fraction of sp³-hybridized carbons (Fsp3) is 0.519. The van der Waals surface area contributed by atoms with Crippen LogP contribution in [-0.2, 0) is 4.74 Å². The molecule has 0 bridgehead atoms. The minimum absolute atomic E-state index is 0.260. The lowest BCUT2D eigenvalue weighted by atomic mass is 9.92. The molecule has 0 aromatic carbocycles. The molecule has 0 spiro atoms. The van der Waals surface area contributed by atoms with Gasteiger partial charge in [-0.3, -0.25) is 0 Å². The van der Waals surface area contributed by atoms with Crippen LogP contribution in [0.2, 0.25) is 0 Å². The summed E-state index contributed by atoms with van der Waals surface area (Å²) in [5, 5.41) is 0. The predicted octanol–water partition coefficient (Wildman–Crippen LogP) is 5.96. The second-order valence-electron chi connectivity index (χ2n) is 9.42. The van der Waals surface area contributed by atoms with Gasteiger partial charge in [0.25, 0.3) is 0 Å². The fourth-order valence-corrected chi connectivity index (χ4v) is 3.73. The second kappa shape index (κ2) is 11.8. The number of rotatable bonds is 7. The third-order valence-corrected chi connectivity index (χ3v) is 5.64. The number of aryl methyl sites for hydroxylation is 1. The molecule has 6 nitrogen and oxygen atoms in total. The van der Waals surface area contributed by atoms with Crippen LogP contribution in [0.1, 0.15) is 59.2 Å². The maximum absolute atomic E-state index is 12.5. The zero-order valence-electron chi connectivity index (χ0n) is 21.4. The standard InChI is InChI=1S/C27H40N4O2/c1-9-12-13-22(18-20(4)10-2)23(11-3)24-21(5)28-19-29-25(24)30-14-16-31(17-15-30)26(32)33-27(6,7)8/h9,11-13,18-20H,1,10,14-17H2,2-8H3/b13-12-,22-18+,23-11-. The monoisotopic (exact) mass is 452 g/mol. The highest BCUT2D eigenvalue weighted by atomic mass is 16.6. The van der Waals surface area contributed by atoms with Crippen LogP contribution in [0, 0.1) is 12.8 Å². The van der Waals surface area contributed by atoms with E-state index in [1.54, 1.807) is 17.3 Å². The average molecular weight is 453 g/mol. The molecule has 2 heterocycles. The Morgan fingerprint density at radius 2 is 1.91 bits per heavy atom. The van der Waals surface area contributed by atoms with Gasteiger partial charge < -0.3 is 14.5 Å². The maximum Gasteiger partial charge on any atom is 0.410 e. The number of allylic oxidation sites excluding steroid dienone is 7. The maximum atomic E-state index is 12.5. The van der Waals surface area contributed by atoms with Gasteiger partial charge in [-0.15, -0.1) is 0 Å². The first kappa shape index (κ1) is 26.4.